The quantitative estimate of drug-likeness (QED) is 0.867. The smallest absolute Gasteiger partial charge is 0.228 e. The van der Waals surface area contributed by atoms with Gasteiger partial charge in [-0.25, -0.2) is 0 Å². The molecule has 0 atom stereocenters. The summed E-state index contributed by atoms with van der Waals surface area (Å²) < 4.78 is 0. The summed E-state index contributed by atoms with van der Waals surface area (Å²) in [6.07, 6.45) is 0. The van der Waals surface area contributed by atoms with Crippen LogP contribution in [0.4, 0.5) is 5.69 Å². The third-order valence-electron chi connectivity index (χ3n) is 5.12. The highest BCUT2D eigenvalue weighted by atomic mass is 35.5. The molecule has 2 N–H and O–H groups in total. The van der Waals surface area contributed by atoms with Gasteiger partial charge in [-0.1, -0.05) is 52.8 Å². The molecular formula is C17H27ClN2O. The first kappa shape index (κ1) is 18.0. The van der Waals surface area contributed by atoms with Crippen molar-refractivity contribution in [2.75, 3.05) is 11.9 Å². The number of carbonyl (C=O) groups is 1. The number of hydrogen-bond acceptors (Lipinski definition) is 2. The summed E-state index contributed by atoms with van der Waals surface area (Å²) in [5.74, 6) is 0.228. The molecule has 1 amide bonds. The second kappa shape index (κ2) is 6.37. The second-order valence-corrected chi connectivity index (χ2v) is 6.80. The first-order chi connectivity index (χ1) is 9.32. The molecule has 0 aromatic heterocycles. The van der Waals surface area contributed by atoms with Gasteiger partial charge in [-0.05, 0) is 29.0 Å². The van der Waals surface area contributed by atoms with Crippen LogP contribution in [0.25, 0.3) is 0 Å². The second-order valence-electron chi connectivity index (χ2n) is 6.80. The number of rotatable bonds is 5. The molecule has 1 saturated carbocycles. The van der Waals surface area contributed by atoms with Gasteiger partial charge in [-0.2, -0.15) is 0 Å². The zero-order valence-electron chi connectivity index (χ0n) is 13.6. The predicted octanol–water partition coefficient (Wildman–Crippen LogP) is 3.84. The maximum Gasteiger partial charge on any atom is 0.228 e. The van der Waals surface area contributed by atoms with Gasteiger partial charge in [0.2, 0.25) is 5.91 Å². The van der Waals surface area contributed by atoms with Crippen molar-refractivity contribution >= 4 is 24.0 Å². The molecule has 118 valence electrons. The molecule has 1 aromatic rings. The summed E-state index contributed by atoms with van der Waals surface area (Å²) in [4.78, 5) is 12.5. The van der Waals surface area contributed by atoms with Gasteiger partial charge in [-0.3, -0.25) is 4.79 Å². The lowest BCUT2D eigenvalue weighted by molar-refractivity contribution is -0.118. The summed E-state index contributed by atoms with van der Waals surface area (Å²) in [6, 6.07) is 8.01. The Bertz CT molecular complexity index is 497. The van der Waals surface area contributed by atoms with Crippen molar-refractivity contribution in [3.63, 3.8) is 0 Å². The molecule has 21 heavy (non-hydrogen) atoms. The Labute approximate surface area is 134 Å². The lowest BCUT2D eigenvalue weighted by atomic mass is 10.0. The van der Waals surface area contributed by atoms with Crippen LogP contribution in [0.15, 0.2) is 24.3 Å². The minimum atomic E-state index is 0. The lowest BCUT2D eigenvalue weighted by Crippen LogP contribution is -2.20. The standard InChI is InChI=1S/C17H26N2O.ClH/c1-6-18-11-12-9-7-8-10-13(12)19-15(20)14-16(2,3)17(14,4)5;/h7-10,14,18H,6,11H2,1-5H3,(H,19,20);1H. The van der Waals surface area contributed by atoms with Crippen LogP contribution < -0.4 is 10.6 Å². The third kappa shape index (κ3) is 3.24. The minimum absolute atomic E-state index is 0. The first-order valence-electron chi connectivity index (χ1n) is 7.42. The van der Waals surface area contributed by atoms with E-state index in [1.165, 1.54) is 0 Å². The molecular weight excluding hydrogens is 284 g/mol. The SMILES string of the molecule is CCNCc1ccccc1NC(=O)C1C(C)(C)C1(C)C.Cl. The van der Waals surface area contributed by atoms with Crippen LogP contribution in [0.2, 0.25) is 0 Å². The molecule has 0 bridgehead atoms. The Kier molecular flexibility index (Phi) is 5.46. The van der Waals surface area contributed by atoms with E-state index in [-0.39, 0.29) is 35.1 Å². The molecule has 0 radical (unpaired) electrons. The molecule has 1 aromatic carbocycles. The van der Waals surface area contributed by atoms with E-state index in [0.29, 0.717) is 0 Å². The number of para-hydroxylation sites is 1. The Morgan fingerprint density at radius 2 is 1.71 bits per heavy atom. The van der Waals surface area contributed by atoms with E-state index < -0.39 is 0 Å². The van der Waals surface area contributed by atoms with E-state index in [4.69, 9.17) is 0 Å². The predicted molar refractivity (Wildman–Crippen MR) is 90.8 cm³/mol. The van der Waals surface area contributed by atoms with Gasteiger partial charge in [-0.15, -0.1) is 12.4 Å². The topological polar surface area (TPSA) is 41.1 Å². The molecule has 0 aliphatic heterocycles. The molecule has 4 heteroatoms. The fourth-order valence-electron chi connectivity index (χ4n) is 3.11. The summed E-state index contributed by atoms with van der Waals surface area (Å²) in [5, 5.41) is 6.42. The van der Waals surface area contributed by atoms with Crippen molar-refractivity contribution in [3.8, 4) is 0 Å². The van der Waals surface area contributed by atoms with Crippen LogP contribution in [-0.4, -0.2) is 12.5 Å². The molecule has 1 fully saturated rings. The van der Waals surface area contributed by atoms with Crippen molar-refractivity contribution in [1.82, 2.24) is 5.32 Å². The van der Waals surface area contributed by atoms with Gasteiger partial charge < -0.3 is 10.6 Å². The Hall–Kier alpha value is -1.06. The molecule has 1 aliphatic carbocycles. The largest absolute Gasteiger partial charge is 0.326 e. The number of amides is 1. The van der Waals surface area contributed by atoms with Gasteiger partial charge in [0.25, 0.3) is 0 Å². The summed E-state index contributed by atoms with van der Waals surface area (Å²) in [7, 11) is 0. The Balaban J connectivity index is 0.00000220. The average Bonchev–Trinajstić information content (AvgIpc) is 2.78. The van der Waals surface area contributed by atoms with Crippen LogP contribution in [0.3, 0.4) is 0 Å². The maximum absolute atomic E-state index is 12.5. The number of anilines is 1. The van der Waals surface area contributed by atoms with Crippen molar-refractivity contribution in [1.29, 1.82) is 0 Å². The zero-order valence-corrected chi connectivity index (χ0v) is 14.4. The highest BCUT2D eigenvalue weighted by Gasteiger charge is 2.68. The Morgan fingerprint density at radius 1 is 1.14 bits per heavy atom. The fraction of sp³-hybridized carbons (Fsp3) is 0.588. The van der Waals surface area contributed by atoms with E-state index in [1.54, 1.807) is 0 Å². The van der Waals surface area contributed by atoms with Gasteiger partial charge in [0.05, 0.1) is 0 Å². The number of benzene rings is 1. The van der Waals surface area contributed by atoms with Crippen LogP contribution in [-0.2, 0) is 11.3 Å². The van der Waals surface area contributed by atoms with Gasteiger partial charge >= 0.3 is 0 Å². The number of halogens is 1. The summed E-state index contributed by atoms with van der Waals surface area (Å²) in [5.41, 5.74) is 2.22. The highest BCUT2D eigenvalue weighted by Crippen LogP contribution is 2.68. The van der Waals surface area contributed by atoms with E-state index >= 15 is 0 Å². The minimum Gasteiger partial charge on any atom is -0.326 e. The monoisotopic (exact) mass is 310 g/mol. The lowest BCUT2D eigenvalue weighted by Gasteiger charge is -2.12. The molecule has 0 heterocycles. The third-order valence-corrected chi connectivity index (χ3v) is 5.12. The Morgan fingerprint density at radius 3 is 2.24 bits per heavy atom. The van der Waals surface area contributed by atoms with E-state index in [9.17, 15) is 4.79 Å². The van der Waals surface area contributed by atoms with E-state index in [1.807, 2.05) is 18.2 Å². The van der Waals surface area contributed by atoms with Gasteiger partial charge in [0.1, 0.15) is 0 Å². The number of hydrogen-bond donors (Lipinski definition) is 2. The molecule has 0 saturated heterocycles. The number of carbonyl (C=O) groups excluding carboxylic acids is 1. The molecule has 1 aliphatic rings. The van der Waals surface area contributed by atoms with E-state index in [0.717, 1.165) is 24.3 Å². The van der Waals surface area contributed by atoms with Crippen molar-refractivity contribution < 1.29 is 4.79 Å². The van der Waals surface area contributed by atoms with Crippen LogP contribution >= 0.6 is 12.4 Å². The first-order valence-corrected chi connectivity index (χ1v) is 7.42. The molecule has 0 spiro atoms. The normalized spacial score (nSPS) is 18.7. The average molecular weight is 311 g/mol. The summed E-state index contributed by atoms with van der Waals surface area (Å²) in [6.45, 7) is 12.5. The van der Waals surface area contributed by atoms with Crippen LogP contribution in [0.1, 0.15) is 40.2 Å². The maximum atomic E-state index is 12.5. The fourth-order valence-corrected chi connectivity index (χ4v) is 3.11. The molecule has 3 nitrogen and oxygen atoms in total. The summed E-state index contributed by atoms with van der Waals surface area (Å²) >= 11 is 0. The van der Waals surface area contributed by atoms with Gasteiger partial charge in [0.15, 0.2) is 0 Å². The number of nitrogens with one attached hydrogen (secondary N) is 2. The molecule has 2 rings (SSSR count). The highest BCUT2D eigenvalue weighted by molar-refractivity contribution is 5.96. The van der Waals surface area contributed by atoms with Gasteiger partial charge in [0, 0.05) is 18.2 Å². The zero-order chi connectivity index (χ0) is 15.0. The van der Waals surface area contributed by atoms with Crippen molar-refractivity contribution in [2.24, 2.45) is 16.7 Å². The van der Waals surface area contributed by atoms with Crippen LogP contribution in [0.5, 0.6) is 0 Å². The van der Waals surface area contributed by atoms with Crippen molar-refractivity contribution in [3.05, 3.63) is 29.8 Å². The molecule has 0 unspecified atom stereocenters. The van der Waals surface area contributed by atoms with Crippen LogP contribution in [0, 0.1) is 16.7 Å². The van der Waals surface area contributed by atoms with E-state index in [2.05, 4.69) is 51.3 Å². The van der Waals surface area contributed by atoms with Crippen molar-refractivity contribution in [2.45, 2.75) is 41.2 Å².